The first-order valence-electron chi connectivity index (χ1n) is 11.7. The average Bonchev–Trinajstić information content (AvgIpc) is 3.46. The average molecular weight is 434 g/mol. The molecule has 5 aromatic carbocycles. The van der Waals surface area contributed by atoms with Crippen molar-refractivity contribution in [1.29, 1.82) is 0 Å². The van der Waals surface area contributed by atoms with E-state index in [4.69, 9.17) is 4.42 Å². The normalized spacial score (nSPS) is 13.7. The number of hydrogen-bond donors (Lipinski definition) is 0. The van der Waals surface area contributed by atoms with Crippen molar-refractivity contribution in [3.05, 3.63) is 115 Å². The second kappa shape index (κ2) is 6.55. The number of nitrogens with zero attached hydrogens (tertiary/aromatic N) is 2. The molecule has 4 heteroatoms. The maximum atomic E-state index is 6.56. The standard InChI is InChI=1S/C30H19BN2O/c1-2-10-20(11-3-1)32-27-19-18-24-23-14-6-9-17-28(23)34-30(24)29(27)33-26-16-8-5-13-22(26)21-12-4-7-15-25(21)31(32)33/h1-19H. The quantitative estimate of drug-likeness (QED) is 0.254. The number of anilines is 4. The molecule has 3 nitrogen and oxygen atoms in total. The highest BCUT2D eigenvalue weighted by atomic mass is 16.3. The molecular formula is C30H19BN2O. The van der Waals surface area contributed by atoms with Gasteiger partial charge in [-0.3, -0.25) is 0 Å². The van der Waals surface area contributed by atoms with Gasteiger partial charge in [0.15, 0.2) is 5.58 Å². The van der Waals surface area contributed by atoms with Crippen LogP contribution in [0.3, 0.4) is 0 Å². The van der Waals surface area contributed by atoms with Crippen molar-refractivity contribution < 1.29 is 4.42 Å². The molecule has 2 aliphatic heterocycles. The van der Waals surface area contributed by atoms with E-state index in [1.165, 1.54) is 28.0 Å². The SMILES string of the molecule is c1ccc(N2B3c4ccccc4-c4ccccc4N3c3c2ccc2c3oc3ccccc32)cc1. The lowest BCUT2D eigenvalue weighted by atomic mass is 9.59. The molecule has 0 N–H and O–H groups in total. The molecule has 0 amide bonds. The largest absolute Gasteiger partial charge is 0.454 e. The zero-order valence-electron chi connectivity index (χ0n) is 18.3. The van der Waals surface area contributed by atoms with Gasteiger partial charge in [-0.15, -0.1) is 0 Å². The zero-order valence-corrected chi connectivity index (χ0v) is 18.3. The van der Waals surface area contributed by atoms with Crippen LogP contribution >= 0.6 is 0 Å². The molecule has 8 rings (SSSR count). The summed E-state index contributed by atoms with van der Waals surface area (Å²) in [5.74, 6) is 0. The van der Waals surface area contributed by atoms with E-state index >= 15 is 0 Å². The van der Waals surface area contributed by atoms with Gasteiger partial charge >= 0.3 is 6.98 Å². The molecule has 0 atom stereocenters. The fourth-order valence-electron chi connectivity index (χ4n) is 5.84. The van der Waals surface area contributed by atoms with E-state index in [0.29, 0.717) is 0 Å². The van der Waals surface area contributed by atoms with E-state index in [2.05, 4.69) is 119 Å². The second-order valence-electron chi connectivity index (χ2n) is 8.96. The Bertz CT molecular complexity index is 1740. The minimum atomic E-state index is 0.00214. The van der Waals surface area contributed by atoms with Crippen molar-refractivity contribution in [2.45, 2.75) is 0 Å². The van der Waals surface area contributed by atoms with Crippen molar-refractivity contribution in [2.75, 3.05) is 9.62 Å². The third kappa shape index (κ3) is 2.22. The van der Waals surface area contributed by atoms with Crippen molar-refractivity contribution >= 4 is 57.1 Å². The van der Waals surface area contributed by atoms with Gasteiger partial charge in [-0.2, -0.15) is 0 Å². The van der Waals surface area contributed by atoms with Crippen molar-refractivity contribution in [3.8, 4) is 11.1 Å². The summed E-state index contributed by atoms with van der Waals surface area (Å²) in [5.41, 5.74) is 10.4. The van der Waals surface area contributed by atoms with Gasteiger partial charge < -0.3 is 14.0 Å². The summed E-state index contributed by atoms with van der Waals surface area (Å²) in [6.45, 7) is 0.00214. The molecule has 0 saturated carbocycles. The lowest BCUT2D eigenvalue weighted by Gasteiger charge is -2.36. The molecule has 2 aliphatic rings. The number of para-hydroxylation sites is 3. The minimum absolute atomic E-state index is 0.00214. The predicted octanol–water partition coefficient (Wildman–Crippen LogP) is 7.25. The lowest BCUT2D eigenvalue weighted by Crippen LogP contribution is -2.55. The molecule has 0 spiro atoms. The summed E-state index contributed by atoms with van der Waals surface area (Å²) in [6.07, 6.45) is 0. The number of fused-ring (bicyclic) bond motifs is 12. The van der Waals surface area contributed by atoms with Crippen molar-refractivity contribution in [3.63, 3.8) is 0 Å². The van der Waals surface area contributed by atoms with Gasteiger partial charge in [0.1, 0.15) is 5.58 Å². The van der Waals surface area contributed by atoms with Crippen LogP contribution in [0, 0.1) is 0 Å². The fraction of sp³-hybridized carbons (Fsp3) is 0. The molecule has 0 fully saturated rings. The first kappa shape index (κ1) is 18.0. The van der Waals surface area contributed by atoms with Crippen LogP contribution in [0.25, 0.3) is 33.1 Å². The van der Waals surface area contributed by atoms with E-state index in [1.54, 1.807) is 0 Å². The molecule has 6 aromatic rings. The molecule has 158 valence electrons. The van der Waals surface area contributed by atoms with Gasteiger partial charge in [-0.05, 0) is 47.4 Å². The number of rotatable bonds is 1. The van der Waals surface area contributed by atoms with Crippen LogP contribution in [0.15, 0.2) is 120 Å². The number of benzene rings is 5. The highest BCUT2D eigenvalue weighted by Crippen LogP contribution is 2.54. The third-order valence-corrected chi connectivity index (χ3v) is 7.22. The summed E-state index contributed by atoms with van der Waals surface area (Å²) in [5, 5.41) is 2.31. The molecule has 0 saturated heterocycles. The van der Waals surface area contributed by atoms with Gasteiger partial charge in [-0.25, -0.2) is 0 Å². The van der Waals surface area contributed by atoms with Crippen molar-refractivity contribution in [2.24, 2.45) is 0 Å². The molecule has 34 heavy (non-hydrogen) atoms. The molecule has 0 aliphatic carbocycles. The van der Waals surface area contributed by atoms with E-state index in [1.807, 2.05) is 6.07 Å². The summed E-state index contributed by atoms with van der Waals surface area (Å²) >= 11 is 0. The Morgan fingerprint density at radius 2 is 1.26 bits per heavy atom. The Morgan fingerprint density at radius 3 is 2.18 bits per heavy atom. The van der Waals surface area contributed by atoms with E-state index in [9.17, 15) is 0 Å². The van der Waals surface area contributed by atoms with E-state index in [-0.39, 0.29) is 6.98 Å². The molecule has 1 aromatic heterocycles. The maximum Gasteiger partial charge on any atom is 0.421 e. The van der Waals surface area contributed by atoms with Gasteiger partial charge in [0, 0.05) is 27.7 Å². The van der Waals surface area contributed by atoms with E-state index < -0.39 is 0 Å². The first-order chi connectivity index (χ1) is 16.9. The van der Waals surface area contributed by atoms with Crippen LogP contribution in [0.4, 0.5) is 22.7 Å². The maximum absolute atomic E-state index is 6.56. The van der Waals surface area contributed by atoms with Crippen molar-refractivity contribution in [1.82, 2.24) is 0 Å². The number of hydrogen-bond acceptors (Lipinski definition) is 3. The van der Waals surface area contributed by atoms with Crippen LogP contribution in [0.2, 0.25) is 0 Å². The topological polar surface area (TPSA) is 19.6 Å². The molecule has 0 radical (unpaired) electrons. The predicted molar refractivity (Wildman–Crippen MR) is 142 cm³/mol. The molecule has 0 unspecified atom stereocenters. The Labute approximate surface area is 197 Å². The van der Waals surface area contributed by atoms with Gasteiger partial charge in [0.25, 0.3) is 0 Å². The highest BCUT2D eigenvalue weighted by Gasteiger charge is 2.49. The van der Waals surface area contributed by atoms with Gasteiger partial charge in [0.2, 0.25) is 0 Å². The minimum Gasteiger partial charge on any atom is -0.454 e. The van der Waals surface area contributed by atoms with Crippen LogP contribution in [-0.4, -0.2) is 6.98 Å². The smallest absolute Gasteiger partial charge is 0.421 e. The molecular weight excluding hydrogens is 415 g/mol. The van der Waals surface area contributed by atoms with Gasteiger partial charge in [-0.1, -0.05) is 78.9 Å². The summed E-state index contributed by atoms with van der Waals surface area (Å²) in [4.78, 5) is 4.93. The fourth-order valence-corrected chi connectivity index (χ4v) is 5.84. The third-order valence-electron chi connectivity index (χ3n) is 7.22. The van der Waals surface area contributed by atoms with Crippen LogP contribution < -0.4 is 15.1 Å². The summed E-state index contributed by atoms with van der Waals surface area (Å²) in [7, 11) is 0. The second-order valence-corrected chi connectivity index (χ2v) is 8.96. The Balaban J connectivity index is 1.53. The number of furan rings is 1. The van der Waals surface area contributed by atoms with Gasteiger partial charge in [0.05, 0.1) is 11.4 Å². The first-order valence-corrected chi connectivity index (χ1v) is 11.7. The van der Waals surface area contributed by atoms with Crippen LogP contribution in [0.1, 0.15) is 0 Å². The van der Waals surface area contributed by atoms with Crippen LogP contribution in [0.5, 0.6) is 0 Å². The Kier molecular flexibility index (Phi) is 3.48. The Morgan fingerprint density at radius 1 is 0.529 bits per heavy atom. The monoisotopic (exact) mass is 434 g/mol. The highest BCUT2D eigenvalue weighted by molar-refractivity contribution is 6.86. The summed E-state index contributed by atoms with van der Waals surface area (Å²) in [6, 6.07) is 41.0. The summed E-state index contributed by atoms with van der Waals surface area (Å²) < 4.78 is 6.56. The zero-order chi connectivity index (χ0) is 22.2. The Hall–Kier alpha value is -4.44. The van der Waals surface area contributed by atoms with Crippen LogP contribution in [-0.2, 0) is 0 Å². The lowest BCUT2D eigenvalue weighted by molar-refractivity contribution is 0.670. The molecule has 0 bridgehead atoms. The molecule has 3 heterocycles. The van der Waals surface area contributed by atoms with E-state index in [0.717, 1.165) is 33.3 Å².